The van der Waals surface area contributed by atoms with E-state index in [1.807, 2.05) is 31.8 Å². The van der Waals surface area contributed by atoms with Crippen LogP contribution in [0.2, 0.25) is 0 Å². The monoisotopic (exact) mass is 335 g/mol. The number of nitrogens with zero attached hydrogens (tertiary/aromatic N) is 1. The second kappa shape index (κ2) is 11.6. The molecule has 0 unspecified atom stereocenters. The molecule has 0 saturated heterocycles. The highest BCUT2D eigenvalue weighted by molar-refractivity contribution is 7.99. The molecule has 0 aliphatic carbocycles. The summed E-state index contributed by atoms with van der Waals surface area (Å²) in [5.41, 5.74) is 2.65. The molecule has 1 aromatic rings. The van der Waals surface area contributed by atoms with E-state index in [9.17, 15) is 0 Å². The second-order valence-corrected chi connectivity index (χ2v) is 7.45. The molecular formula is C20H33NOS. The predicted molar refractivity (Wildman–Crippen MR) is 104 cm³/mol. The highest BCUT2D eigenvalue weighted by Crippen LogP contribution is 2.35. The van der Waals surface area contributed by atoms with E-state index in [0.29, 0.717) is 5.92 Å². The van der Waals surface area contributed by atoms with Crippen LogP contribution < -0.4 is 0 Å². The normalized spacial score (nSPS) is 11.8. The van der Waals surface area contributed by atoms with Gasteiger partial charge in [0.15, 0.2) is 0 Å². The molecule has 1 rings (SSSR count). The van der Waals surface area contributed by atoms with E-state index >= 15 is 0 Å². The maximum Gasteiger partial charge on any atom is 0.122 e. The van der Waals surface area contributed by atoms with Crippen LogP contribution >= 0.6 is 11.8 Å². The molecule has 0 aromatic heterocycles. The van der Waals surface area contributed by atoms with Crippen molar-refractivity contribution in [2.24, 2.45) is 5.16 Å². The average Bonchev–Trinajstić information content (AvgIpc) is 2.52. The number of oxime groups is 1. The lowest BCUT2D eigenvalue weighted by molar-refractivity contribution is 0.0873. The van der Waals surface area contributed by atoms with Gasteiger partial charge in [-0.25, -0.2) is 0 Å². The summed E-state index contributed by atoms with van der Waals surface area (Å²) in [6, 6.07) is 6.77. The number of rotatable bonds is 11. The van der Waals surface area contributed by atoms with Crippen molar-refractivity contribution >= 4 is 18.0 Å². The van der Waals surface area contributed by atoms with Crippen LogP contribution in [0.4, 0.5) is 0 Å². The number of thioether (sulfide) groups is 1. The molecule has 0 bridgehead atoms. The number of benzene rings is 1. The first kappa shape index (κ1) is 20.1. The zero-order chi connectivity index (χ0) is 17.1. The summed E-state index contributed by atoms with van der Waals surface area (Å²) in [4.78, 5) is 6.71. The molecule has 0 N–H and O–H groups in total. The molecule has 0 atom stereocenters. The van der Waals surface area contributed by atoms with Gasteiger partial charge in [-0.15, -0.1) is 11.8 Å². The Kier molecular flexibility index (Phi) is 10.1. The Labute approximate surface area is 147 Å². The summed E-state index contributed by atoms with van der Waals surface area (Å²) in [6.45, 7) is 10.8. The van der Waals surface area contributed by atoms with E-state index in [4.69, 9.17) is 4.84 Å². The van der Waals surface area contributed by atoms with Gasteiger partial charge in [0.1, 0.15) is 6.10 Å². The molecule has 0 saturated carbocycles. The van der Waals surface area contributed by atoms with E-state index in [1.165, 1.54) is 48.3 Å². The standard InChI is InChI=1S/C20H33NOS/c1-6-9-18(10-7-2)19-12-11-17(15-21-22-16(4)5)14-20(19)23-13-8-3/h11-12,14-16,18H,6-10,13H2,1-5H3/b21-15+. The fraction of sp³-hybridized carbons (Fsp3) is 0.650. The van der Waals surface area contributed by atoms with Crippen molar-refractivity contribution in [3.8, 4) is 0 Å². The minimum Gasteiger partial charge on any atom is -0.393 e. The Balaban J connectivity index is 3.01. The molecule has 0 radical (unpaired) electrons. The Morgan fingerprint density at radius 1 is 1.09 bits per heavy atom. The molecule has 130 valence electrons. The molecule has 0 aliphatic heterocycles. The second-order valence-electron chi connectivity index (χ2n) is 6.31. The van der Waals surface area contributed by atoms with Crippen molar-refractivity contribution in [1.82, 2.24) is 0 Å². The minimum atomic E-state index is 0.123. The Hall–Kier alpha value is -0.960. The summed E-state index contributed by atoms with van der Waals surface area (Å²) in [7, 11) is 0. The Morgan fingerprint density at radius 3 is 2.35 bits per heavy atom. The smallest absolute Gasteiger partial charge is 0.122 e. The van der Waals surface area contributed by atoms with Crippen LogP contribution in [-0.2, 0) is 4.84 Å². The summed E-state index contributed by atoms with van der Waals surface area (Å²) >= 11 is 1.98. The highest BCUT2D eigenvalue weighted by atomic mass is 32.2. The lowest BCUT2D eigenvalue weighted by atomic mass is 9.90. The van der Waals surface area contributed by atoms with Crippen LogP contribution in [-0.4, -0.2) is 18.1 Å². The van der Waals surface area contributed by atoms with E-state index < -0.39 is 0 Å². The van der Waals surface area contributed by atoms with E-state index in [0.717, 1.165) is 5.56 Å². The first-order valence-electron chi connectivity index (χ1n) is 9.08. The van der Waals surface area contributed by atoms with Crippen LogP contribution in [0.5, 0.6) is 0 Å². The minimum absolute atomic E-state index is 0.123. The largest absolute Gasteiger partial charge is 0.393 e. The predicted octanol–water partition coefficient (Wildman–Crippen LogP) is 6.63. The van der Waals surface area contributed by atoms with Crippen molar-refractivity contribution in [3.63, 3.8) is 0 Å². The van der Waals surface area contributed by atoms with Crippen molar-refractivity contribution < 1.29 is 4.84 Å². The third-order valence-electron chi connectivity index (χ3n) is 3.69. The molecule has 0 spiro atoms. The zero-order valence-electron chi connectivity index (χ0n) is 15.5. The van der Waals surface area contributed by atoms with Crippen LogP contribution in [0.1, 0.15) is 83.8 Å². The number of hydrogen-bond acceptors (Lipinski definition) is 3. The van der Waals surface area contributed by atoms with Gasteiger partial charge in [0.2, 0.25) is 0 Å². The third kappa shape index (κ3) is 7.43. The maximum atomic E-state index is 5.28. The summed E-state index contributed by atoms with van der Waals surface area (Å²) in [5, 5.41) is 4.08. The zero-order valence-corrected chi connectivity index (χ0v) is 16.3. The van der Waals surface area contributed by atoms with E-state index in [2.05, 4.69) is 44.1 Å². The van der Waals surface area contributed by atoms with Crippen molar-refractivity contribution in [1.29, 1.82) is 0 Å². The van der Waals surface area contributed by atoms with Crippen molar-refractivity contribution in [2.75, 3.05) is 5.75 Å². The third-order valence-corrected chi connectivity index (χ3v) is 4.96. The summed E-state index contributed by atoms with van der Waals surface area (Å²) in [6.07, 6.45) is 8.19. The summed E-state index contributed by atoms with van der Waals surface area (Å²) < 4.78 is 0. The van der Waals surface area contributed by atoms with Gasteiger partial charge in [-0.1, -0.05) is 50.9 Å². The van der Waals surface area contributed by atoms with Gasteiger partial charge in [-0.2, -0.15) is 0 Å². The number of hydrogen-bond donors (Lipinski definition) is 0. The van der Waals surface area contributed by atoms with Crippen molar-refractivity contribution in [2.45, 2.75) is 83.6 Å². The first-order chi connectivity index (χ1) is 11.1. The van der Waals surface area contributed by atoms with E-state index in [1.54, 1.807) is 0 Å². The fourth-order valence-corrected chi connectivity index (χ4v) is 3.72. The van der Waals surface area contributed by atoms with Gasteiger partial charge >= 0.3 is 0 Å². The van der Waals surface area contributed by atoms with Gasteiger partial charge in [-0.05, 0) is 62.0 Å². The molecule has 0 amide bonds. The Bertz CT molecular complexity index is 465. The lowest BCUT2D eigenvalue weighted by Gasteiger charge is -2.20. The summed E-state index contributed by atoms with van der Waals surface area (Å²) in [5.74, 6) is 1.85. The van der Waals surface area contributed by atoms with Crippen molar-refractivity contribution in [3.05, 3.63) is 29.3 Å². The van der Waals surface area contributed by atoms with Gasteiger partial charge in [0, 0.05) is 4.90 Å². The fourth-order valence-electron chi connectivity index (χ4n) is 2.67. The molecule has 2 nitrogen and oxygen atoms in total. The lowest BCUT2D eigenvalue weighted by Crippen LogP contribution is -2.02. The first-order valence-corrected chi connectivity index (χ1v) is 10.1. The molecule has 0 fully saturated rings. The van der Waals surface area contributed by atoms with Gasteiger partial charge in [-0.3, -0.25) is 0 Å². The van der Waals surface area contributed by atoms with Crippen LogP contribution in [0, 0.1) is 0 Å². The average molecular weight is 336 g/mol. The molecular weight excluding hydrogens is 302 g/mol. The molecule has 0 heterocycles. The Morgan fingerprint density at radius 2 is 1.78 bits per heavy atom. The molecule has 23 heavy (non-hydrogen) atoms. The van der Waals surface area contributed by atoms with Gasteiger partial charge in [0.25, 0.3) is 0 Å². The SMILES string of the molecule is CCCSc1cc(/C=N/OC(C)C)ccc1C(CCC)CCC. The quantitative estimate of drug-likeness (QED) is 0.257. The highest BCUT2D eigenvalue weighted by Gasteiger charge is 2.14. The van der Waals surface area contributed by atoms with Crippen LogP contribution in [0.25, 0.3) is 0 Å². The van der Waals surface area contributed by atoms with E-state index in [-0.39, 0.29) is 6.10 Å². The topological polar surface area (TPSA) is 21.6 Å². The van der Waals surface area contributed by atoms with Crippen LogP contribution in [0.3, 0.4) is 0 Å². The maximum absolute atomic E-state index is 5.28. The van der Waals surface area contributed by atoms with Gasteiger partial charge < -0.3 is 4.84 Å². The van der Waals surface area contributed by atoms with Crippen LogP contribution in [0.15, 0.2) is 28.3 Å². The van der Waals surface area contributed by atoms with Gasteiger partial charge in [0.05, 0.1) is 6.21 Å². The molecule has 0 aliphatic rings. The molecule has 1 aromatic carbocycles. The molecule has 3 heteroatoms.